The molecule has 1 aromatic rings. The molecule has 0 aromatic heterocycles. The minimum absolute atomic E-state index is 0.00667. The summed E-state index contributed by atoms with van der Waals surface area (Å²) in [4.78, 5) is 21.9. The van der Waals surface area contributed by atoms with Gasteiger partial charge in [-0.1, -0.05) is 27.5 Å². The average Bonchev–Trinajstić information content (AvgIpc) is 2.28. The van der Waals surface area contributed by atoms with E-state index in [0.717, 1.165) is 6.07 Å². The molecule has 1 rings (SSSR count). The number of amides is 1. The lowest BCUT2D eigenvalue weighted by molar-refractivity contribution is -0.385. The van der Waals surface area contributed by atoms with Crippen molar-refractivity contribution in [1.29, 1.82) is 0 Å². The Morgan fingerprint density at radius 2 is 2.29 bits per heavy atom. The van der Waals surface area contributed by atoms with E-state index < -0.39 is 10.8 Å². The molecule has 1 atom stereocenters. The molecule has 92 valence electrons. The van der Waals surface area contributed by atoms with E-state index in [9.17, 15) is 14.9 Å². The Labute approximate surface area is 111 Å². The van der Waals surface area contributed by atoms with Crippen LogP contribution < -0.4 is 5.32 Å². The zero-order valence-electron chi connectivity index (χ0n) is 8.94. The molecule has 0 fully saturated rings. The van der Waals surface area contributed by atoms with Crippen molar-refractivity contribution in [2.45, 2.75) is 13.0 Å². The molecule has 0 aliphatic rings. The highest BCUT2D eigenvalue weighted by molar-refractivity contribution is 9.09. The zero-order valence-corrected chi connectivity index (χ0v) is 11.3. The molecule has 1 aromatic carbocycles. The maximum atomic E-state index is 11.8. The molecule has 0 saturated heterocycles. The third kappa shape index (κ3) is 3.67. The van der Waals surface area contributed by atoms with Gasteiger partial charge in [0.2, 0.25) is 0 Å². The Kier molecular flexibility index (Phi) is 4.89. The molecule has 5 nitrogen and oxygen atoms in total. The predicted molar refractivity (Wildman–Crippen MR) is 68.8 cm³/mol. The third-order valence-electron chi connectivity index (χ3n) is 2.01. The number of rotatable bonds is 4. The Balaban J connectivity index is 3.04. The van der Waals surface area contributed by atoms with Gasteiger partial charge in [0.1, 0.15) is 5.56 Å². The fourth-order valence-electron chi connectivity index (χ4n) is 1.19. The lowest BCUT2D eigenvalue weighted by atomic mass is 10.1. The minimum Gasteiger partial charge on any atom is -0.349 e. The Morgan fingerprint density at radius 3 is 2.82 bits per heavy atom. The number of carbonyl (C=O) groups is 1. The minimum atomic E-state index is -0.625. The smallest absolute Gasteiger partial charge is 0.283 e. The van der Waals surface area contributed by atoms with Gasteiger partial charge in [-0.25, -0.2) is 0 Å². The topological polar surface area (TPSA) is 72.2 Å². The summed E-state index contributed by atoms with van der Waals surface area (Å²) in [6.07, 6.45) is 0. The number of hydrogen-bond acceptors (Lipinski definition) is 3. The van der Waals surface area contributed by atoms with Gasteiger partial charge in [-0.3, -0.25) is 14.9 Å². The number of benzene rings is 1. The van der Waals surface area contributed by atoms with Crippen molar-refractivity contribution in [3.05, 3.63) is 38.9 Å². The Morgan fingerprint density at radius 1 is 1.65 bits per heavy atom. The molecule has 1 unspecified atom stereocenters. The summed E-state index contributed by atoms with van der Waals surface area (Å²) in [6.45, 7) is 1.79. The van der Waals surface area contributed by atoms with Gasteiger partial charge in [0, 0.05) is 22.5 Å². The molecule has 0 spiro atoms. The van der Waals surface area contributed by atoms with Crippen molar-refractivity contribution in [1.82, 2.24) is 5.32 Å². The maximum Gasteiger partial charge on any atom is 0.283 e. The molecule has 1 N–H and O–H groups in total. The first kappa shape index (κ1) is 13.9. The largest absolute Gasteiger partial charge is 0.349 e. The number of halogens is 2. The van der Waals surface area contributed by atoms with Crippen molar-refractivity contribution in [3.8, 4) is 0 Å². The number of carbonyl (C=O) groups excluding carboxylic acids is 1. The predicted octanol–water partition coefficient (Wildman–Crippen LogP) is 2.76. The van der Waals surface area contributed by atoms with E-state index in [-0.39, 0.29) is 22.3 Å². The quantitative estimate of drug-likeness (QED) is 0.526. The SMILES string of the molecule is CC(CBr)NC(=O)c1ccc(Cl)cc1[N+](=O)[O-]. The molecule has 0 aliphatic heterocycles. The van der Waals surface area contributed by atoms with Gasteiger partial charge in [0.25, 0.3) is 11.6 Å². The molecule has 0 radical (unpaired) electrons. The summed E-state index contributed by atoms with van der Waals surface area (Å²) in [5.41, 5.74) is -0.288. The highest BCUT2D eigenvalue weighted by Gasteiger charge is 2.21. The maximum absolute atomic E-state index is 11.8. The fourth-order valence-corrected chi connectivity index (χ4v) is 1.52. The normalized spacial score (nSPS) is 11.9. The van der Waals surface area contributed by atoms with Gasteiger partial charge < -0.3 is 5.32 Å². The first-order valence-corrected chi connectivity index (χ1v) is 6.26. The van der Waals surface area contributed by atoms with Crippen LogP contribution in [-0.4, -0.2) is 22.2 Å². The molecule has 1 amide bonds. The molecule has 0 bridgehead atoms. The van der Waals surface area contributed by atoms with E-state index in [0.29, 0.717) is 5.33 Å². The van der Waals surface area contributed by atoms with E-state index in [1.807, 2.05) is 0 Å². The van der Waals surface area contributed by atoms with E-state index in [1.165, 1.54) is 12.1 Å². The van der Waals surface area contributed by atoms with Gasteiger partial charge >= 0.3 is 0 Å². The Hall–Kier alpha value is -1.14. The fraction of sp³-hybridized carbons (Fsp3) is 0.300. The molecule has 17 heavy (non-hydrogen) atoms. The second-order valence-corrected chi connectivity index (χ2v) is 4.53. The molecular formula is C10H10BrClN2O3. The van der Waals surface area contributed by atoms with Crippen LogP contribution in [0.5, 0.6) is 0 Å². The summed E-state index contributed by atoms with van der Waals surface area (Å²) in [7, 11) is 0. The first-order valence-electron chi connectivity index (χ1n) is 4.76. The summed E-state index contributed by atoms with van der Waals surface area (Å²) in [5.74, 6) is -0.486. The van der Waals surface area contributed by atoms with Gasteiger partial charge in [0.05, 0.1) is 4.92 Å². The van der Waals surface area contributed by atoms with Gasteiger partial charge in [-0.05, 0) is 19.1 Å². The third-order valence-corrected chi connectivity index (χ3v) is 3.22. The van der Waals surface area contributed by atoms with E-state index >= 15 is 0 Å². The van der Waals surface area contributed by atoms with Crippen LogP contribution in [0, 0.1) is 10.1 Å². The molecular weight excluding hydrogens is 311 g/mol. The van der Waals surface area contributed by atoms with Crippen molar-refractivity contribution >= 4 is 39.1 Å². The van der Waals surface area contributed by atoms with Gasteiger partial charge in [0.15, 0.2) is 0 Å². The number of alkyl halides is 1. The summed E-state index contributed by atoms with van der Waals surface area (Å²) >= 11 is 8.86. The van der Waals surface area contributed by atoms with Gasteiger partial charge in [-0.2, -0.15) is 0 Å². The van der Waals surface area contributed by atoms with E-state index in [2.05, 4.69) is 21.2 Å². The van der Waals surface area contributed by atoms with Crippen LogP contribution in [0.2, 0.25) is 5.02 Å². The van der Waals surface area contributed by atoms with E-state index in [4.69, 9.17) is 11.6 Å². The highest BCUT2D eigenvalue weighted by atomic mass is 79.9. The average molecular weight is 322 g/mol. The number of nitrogens with zero attached hydrogens (tertiary/aromatic N) is 1. The lowest BCUT2D eigenvalue weighted by Crippen LogP contribution is -2.33. The summed E-state index contributed by atoms with van der Waals surface area (Å²) < 4.78 is 0. The van der Waals surface area contributed by atoms with Crippen LogP contribution >= 0.6 is 27.5 Å². The summed E-state index contributed by atoms with van der Waals surface area (Å²) in [5, 5.41) is 14.2. The molecule has 0 aliphatic carbocycles. The highest BCUT2D eigenvalue weighted by Crippen LogP contribution is 2.23. The molecule has 0 heterocycles. The second-order valence-electron chi connectivity index (χ2n) is 3.45. The van der Waals surface area contributed by atoms with E-state index in [1.54, 1.807) is 6.92 Å². The first-order chi connectivity index (χ1) is 7.95. The van der Waals surface area contributed by atoms with Crippen LogP contribution in [0.25, 0.3) is 0 Å². The second kappa shape index (κ2) is 5.97. The Bertz CT molecular complexity index is 453. The van der Waals surface area contributed by atoms with Crippen molar-refractivity contribution in [3.63, 3.8) is 0 Å². The zero-order chi connectivity index (χ0) is 13.0. The number of hydrogen-bond donors (Lipinski definition) is 1. The standard InChI is InChI=1S/C10H10BrClN2O3/c1-6(5-11)13-10(15)8-3-2-7(12)4-9(8)14(16)17/h2-4,6H,5H2,1H3,(H,13,15). The van der Waals surface area contributed by atoms with Crippen molar-refractivity contribution in [2.24, 2.45) is 0 Å². The van der Waals surface area contributed by atoms with Gasteiger partial charge in [-0.15, -0.1) is 0 Å². The van der Waals surface area contributed by atoms with Crippen molar-refractivity contribution < 1.29 is 9.72 Å². The van der Waals surface area contributed by atoms with Crippen LogP contribution in [-0.2, 0) is 0 Å². The van der Waals surface area contributed by atoms with Crippen LogP contribution in [0.15, 0.2) is 18.2 Å². The number of nitro groups is 1. The van der Waals surface area contributed by atoms with Crippen LogP contribution in [0.1, 0.15) is 17.3 Å². The summed E-state index contributed by atoms with van der Waals surface area (Å²) in [6, 6.07) is 3.84. The van der Waals surface area contributed by atoms with Crippen LogP contribution in [0.4, 0.5) is 5.69 Å². The molecule has 0 saturated carbocycles. The monoisotopic (exact) mass is 320 g/mol. The number of nitro benzene ring substituents is 1. The lowest BCUT2D eigenvalue weighted by Gasteiger charge is -2.10. The van der Waals surface area contributed by atoms with Crippen LogP contribution in [0.3, 0.4) is 0 Å². The molecule has 7 heteroatoms. The van der Waals surface area contributed by atoms with Crippen molar-refractivity contribution in [2.75, 3.05) is 5.33 Å². The number of nitrogens with one attached hydrogen (secondary N) is 1.